The van der Waals surface area contributed by atoms with E-state index in [0.717, 1.165) is 25.9 Å². The zero-order chi connectivity index (χ0) is 11.5. The number of aliphatic hydroxyl groups is 1. The van der Waals surface area contributed by atoms with Crippen LogP contribution in [0.4, 0.5) is 5.82 Å². The summed E-state index contributed by atoms with van der Waals surface area (Å²) in [6, 6.07) is 1.70. The molecule has 2 atom stereocenters. The van der Waals surface area contributed by atoms with Crippen molar-refractivity contribution in [3.63, 3.8) is 0 Å². The molecule has 1 fully saturated rings. The minimum Gasteiger partial charge on any atom is -0.388 e. The number of piperidine rings is 1. The van der Waals surface area contributed by atoms with E-state index in [1.807, 2.05) is 0 Å². The van der Waals surface area contributed by atoms with Gasteiger partial charge in [0.15, 0.2) is 0 Å². The van der Waals surface area contributed by atoms with E-state index in [1.165, 1.54) is 6.20 Å². The van der Waals surface area contributed by atoms with Crippen molar-refractivity contribution in [3.05, 3.63) is 22.8 Å². The fourth-order valence-corrected chi connectivity index (χ4v) is 2.27. The van der Waals surface area contributed by atoms with E-state index < -0.39 is 6.10 Å². The molecule has 0 aromatic carbocycles. The Kier molecular flexibility index (Phi) is 3.63. The van der Waals surface area contributed by atoms with Crippen molar-refractivity contribution in [2.75, 3.05) is 18.8 Å². The highest BCUT2D eigenvalue weighted by molar-refractivity contribution is 6.30. The number of nitrogens with one attached hydrogen (secondary N) is 1. The van der Waals surface area contributed by atoms with Crippen molar-refractivity contribution < 1.29 is 5.11 Å². The maximum absolute atomic E-state index is 10.2. The average Bonchev–Trinajstić information content (AvgIpc) is 2.32. The fraction of sp³-hybridized carbons (Fsp3) is 0.545. The quantitative estimate of drug-likeness (QED) is 0.731. The molecular weight excluding hydrogens is 226 g/mol. The highest BCUT2D eigenvalue weighted by Gasteiger charge is 2.25. The summed E-state index contributed by atoms with van der Waals surface area (Å²) in [5.41, 5.74) is 6.39. The number of aromatic nitrogens is 1. The summed E-state index contributed by atoms with van der Waals surface area (Å²) in [5.74, 6) is 0.554. The Morgan fingerprint density at radius 1 is 1.62 bits per heavy atom. The number of aliphatic hydroxyl groups excluding tert-OH is 1. The number of anilines is 1. The van der Waals surface area contributed by atoms with Gasteiger partial charge in [0, 0.05) is 24.2 Å². The molecule has 4 N–H and O–H groups in total. The lowest BCUT2D eigenvalue weighted by Crippen LogP contribution is -2.33. The van der Waals surface area contributed by atoms with Crippen LogP contribution in [0.3, 0.4) is 0 Å². The summed E-state index contributed by atoms with van der Waals surface area (Å²) in [4.78, 5) is 3.96. The average molecular weight is 242 g/mol. The van der Waals surface area contributed by atoms with Gasteiger partial charge in [-0.05, 0) is 25.5 Å². The van der Waals surface area contributed by atoms with Crippen molar-refractivity contribution in [3.8, 4) is 0 Å². The molecule has 1 aromatic rings. The predicted octanol–water partition coefficient (Wildman–Crippen LogP) is 1.35. The number of nitrogens with two attached hydrogens (primary N) is 1. The summed E-state index contributed by atoms with van der Waals surface area (Å²) in [6.45, 7) is 1.83. The standard InChI is InChI=1S/C11H16ClN3O/c12-8-4-9(11(13)15-6-8)10(16)7-2-1-3-14-5-7/h4,6-7,10,14,16H,1-3,5H2,(H2,13,15). The highest BCUT2D eigenvalue weighted by atomic mass is 35.5. The Hall–Kier alpha value is -0.840. The van der Waals surface area contributed by atoms with Gasteiger partial charge in [0.1, 0.15) is 5.82 Å². The minimum absolute atomic E-state index is 0.191. The van der Waals surface area contributed by atoms with Gasteiger partial charge in [0.25, 0.3) is 0 Å². The molecule has 0 bridgehead atoms. The molecule has 5 heteroatoms. The second-order valence-electron chi connectivity index (χ2n) is 4.18. The number of nitrogen functional groups attached to an aromatic ring is 1. The first-order chi connectivity index (χ1) is 7.68. The Morgan fingerprint density at radius 2 is 2.44 bits per heavy atom. The Bertz CT molecular complexity index is 366. The van der Waals surface area contributed by atoms with E-state index in [4.69, 9.17) is 17.3 Å². The van der Waals surface area contributed by atoms with Crippen LogP contribution in [0.5, 0.6) is 0 Å². The summed E-state index contributed by atoms with van der Waals surface area (Å²) in [7, 11) is 0. The third kappa shape index (κ3) is 2.45. The van der Waals surface area contributed by atoms with Gasteiger partial charge in [0.05, 0.1) is 11.1 Å². The molecule has 2 unspecified atom stereocenters. The second-order valence-corrected chi connectivity index (χ2v) is 4.62. The predicted molar refractivity (Wildman–Crippen MR) is 64.2 cm³/mol. The smallest absolute Gasteiger partial charge is 0.129 e. The van der Waals surface area contributed by atoms with E-state index in [-0.39, 0.29) is 5.92 Å². The van der Waals surface area contributed by atoms with Gasteiger partial charge in [-0.15, -0.1) is 0 Å². The molecule has 0 spiro atoms. The molecule has 4 nitrogen and oxygen atoms in total. The summed E-state index contributed by atoms with van der Waals surface area (Å²) in [6.07, 6.45) is 2.99. The van der Waals surface area contributed by atoms with Crippen molar-refractivity contribution in [1.82, 2.24) is 10.3 Å². The van der Waals surface area contributed by atoms with Gasteiger partial charge in [-0.3, -0.25) is 0 Å². The lowest BCUT2D eigenvalue weighted by atomic mass is 9.90. The Morgan fingerprint density at radius 3 is 3.12 bits per heavy atom. The van der Waals surface area contributed by atoms with Gasteiger partial charge in [-0.2, -0.15) is 0 Å². The minimum atomic E-state index is -0.584. The van der Waals surface area contributed by atoms with Gasteiger partial charge in [-0.25, -0.2) is 4.98 Å². The molecule has 88 valence electrons. The third-order valence-corrected chi connectivity index (χ3v) is 3.22. The van der Waals surface area contributed by atoms with Crippen LogP contribution in [0.25, 0.3) is 0 Å². The molecule has 1 aromatic heterocycles. The number of halogens is 1. The molecule has 1 aliphatic rings. The van der Waals surface area contributed by atoms with Crippen molar-refractivity contribution in [2.45, 2.75) is 18.9 Å². The second kappa shape index (κ2) is 4.99. The fourth-order valence-electron chi connectivity index (χ4n) is 2.10. The molecule has 16 heavy (non-hydrogen) atoms. The summed E-state index contributed by atoms with van der Waals surface area (Å²) < 4.78 is 0. The maximum Gasteiger partial charge on any atom is 0.129 e. The zero-order valence-corrected chi connectivity index (χ0v) is 9.74. The number of rotatable bonds is 2. The molecule has 2 heterocycles. The lowest BCUT2D eigenvalue weighted by Gasteiger charge is -2.27. The van der Waals surface area contributed by atoms with E-state index in [2.05, 4.69) is 10.3 Å². The van der Waals surface area contributed by atoms with Crippen LogP contribution in [0, 0.1) is 5.92 Å². The van der Waals surface area contributed by atoms with Crippen LogP contribution in [0.1, 0.15) is 24.5 Å². The van der Waals surface area contributed by atoms with Crippen LogP contribution in [0.15, 0.2) is 12.3 Å². The van der Waals surface area contributed by atoms with E-state index in [9.17, 15) is 5.11 Å². The lowest BCUT2D eigenvalue weighted by molar-refractivity contribution is 0.0925. The summed E-state index contributed by atoms with van der Waals surface area (Å²) in [5, 5.41) is 14.0. The molecule has 1 saturated heterocycles. The molecule has 0 radical (unpaired) electrons. The Balaban J connectivity index is 2.18. The molecular formula is C11H16ClN3O. The van der Waals surface area contributed by atoms with Crippen molar-refractivity contribution in [1.29, 1.82) is 0 Å². The van der Waals surface area contributed by atoms with Gasteiger partial charge in [-0.1, -0.05) is 11.6 Å². The number of pyridine rings is 1. The van der Waals surface area contributed by atoms with Crippen molar-refractivity contribution in [2.24, 2.45) is 5.92 Å². The van der Waals surface area contributed by atoms with Gasteiger partial charge in [0.2, 0.25) is 0 Å². The van der Waals surface area contributed by atoms with Gasteiger partial charge >= 0.3 is 0 Å². The first-order valence-electron chi connectivity index (χ1n) is 5.48. The van der Waals surface area contributed by atoms with Crippen LogP contribution < -0.4 is 11.1 Å². The van der Waals surface area contributed by atoms with Gasteiger partial charge < -0.3 is 16.2 Å². The first kappa shape index (κ1) is 11.6. The van der Waals surface area contributed by atoms with E-state index >= 15 is 0 Å². The Labute approximate surface area is 99.8 Å². The third-order valence-electron chi connectivity index (χ3n) is 3.02. The first-order valence-corrected chi connectivity index (χ1v) is 5.86. The van der Waals surface area contributed by atoms with E-state index in [0.29, 0.717) is 16.4 Å². The number of nitrogens with zero attached hydrogens (tertiary/aromatic N) is 1. The summed E-state index contributed by atoms with van der Waals surface area (Å²) >= 11 is 5.86. The normalized spacial score (nSPS) is 23.0. The van der Waals surface area contributed by atoms with Crippen LogP contribution >= 0.6 is 11.6 Å². The highest BCUT2D eigenvalue weighted by Crippen LogP contribution is 2.30. The molecule has 0 saturated carbocycles. The SMILES string of the molecule is Nc1ncc(Cl)cc1C(O)C1CCCNC1. The van der Waals surface area contributed by atoms with Crippen LogP contribution in [-0.4, -0.2) is 23.2 Å². The topological polar surface area (TPSA) is 71.2 Å². The van der Waals surface area contributed by atoms with Crippen molar-refractivity contribution >= 4 is 17.4 Å². The molecule has 2 rings (SSSR count). The molecule has 1 aliphatic heterocycles. The molecule has 0 amide bonds. The van der Waals surface area contributed by atoms with Crippen LogP contribution in [-0.2, 0) is 0 Å². The maximum atomic E-state index is 10.2. The van der Waals surface area contributed by atoms with Crippen LogP contribution in [0.2, 0.25) is 5.02 Å². The number of hydrogen-bond acceptors (Lipinski definition) is 4. The number of hydrogen-bond donors (Lipinski definition) is 3. The molecule has 0 aliphatic carbocycles. The monoisotopic (exact) mass is 241 g/mol. The van der Waals surface area contributed by atoms with E-state index in [1.54, 1.807) is 6.07 Å². The largest absolute Gasteiger partial charge is 0.388 e. The zero-order valence-electron chi connectivity index (χ0n) is 8.99.